The standard InChI is InChI=1S/C18H19FN4S2/c1-13-6-3-4-9-16(13)20-17-21-23(18(24)25-17)12-22(2)11-14-7-5-8-15(19)10-14/h3-10H,11-12H2,1-2H3,(H,20,21)/p+1. The number of rotatable bonds is 6. The van der Waals surface area contributed by atoms with Crippen LogP contribution >= 0.6 is 23.6 Å². The molecule has 3 aromatic rings. The number of halogens is 1. The maximum atomic E-state index is 13.3. The molecule has 1 unspecified atom stereocenters. The van der Waals surface area contributed by atoms with Gasteiger partial charge in [-0.25, -0.2) is 4.39 Å². The zero-order valence-corrected chi connectivity index (χ0v) is 15.8. The van der Waals surface area contributed by atoms with E-state index in [1.807, 2.05) is 36.0 Å². The van der Waals surface area contributed by atoms with E-state index in [0.717, 1.165) is 25.9 Å². The lowest BCUT2D eigenvalue weighted by molar-refractivity contribution is -0.917. The summed E-state index contributed by atoms with van der Waals surface area (Å²) in [5.74, 6) is -0.208. The van der Waals surface area contributed by atoms with Gasteiger partial charge in [-0.3, -0.25) is 0 Å². The minimum absolute atomic E-state index is 0.208. The van der Waals surface area contributed by atoms with Crippen LogP contribution in [0, 0.1) is 16.7 Å². The second-order valence-electron chi connectivity index (χ2n) is 6.03. The number of quaternary nitrogens is 1. The Bertz CT molecular complexity index is 919. The van der Waals surface area contributed by atoms with Crippen LogP contribution < -0.4 is 10.2 Å². The van der Waals surface area contributed by atoms with E-state index >= 15 is 0 Å². The quantitative estimate of drug-likeness (QED) is 0.647. The van der Waals surface area contributed by atoms with Crippen molar-refractivity contribution in [2.75, 3.05) is 12.4 Å². The molecular formula is C18H20FN4S2+. The zero-order chi connectivity index (χ0) is 17.8. The Labute approximate surface area is 155 Å². The van der Waals surface area contributed by atoms with Crippen molar-refractivity contribution in [2.24, 2.45) is 0 Å². The summed E-state index contributed by atoms with van der Waals surface area (Å²) >= 11 is 6.88. The predicted octanol–water partition coefficient (Wildman–Crippen LogP) is 3.54. The summed E-state index contributed by atoms with van der Waals surface area (Å²) in [4.78, 5) is 1.18. The first-order chi connectivity index (χ1) is 12.0. The van der Waals surface area contributed by atoms with E-state index in [0.29, 0.717) is 13.2 Å². The molecule has 25 heavy (non-hydrogen) atoms. The highest BCUT2D eigenvalue weighted by Crippen LogP contribution is 2.22. The molecule has 0 aliphatic heterocycles. The maximum absolute atomic E-state index is 13.3. The number of para-hydroxylation sites is 1. The molecule has 2 N–H and O–H groups in total. The van der Waals surface area contributed by atoms with Crippen LogP contribution in [-0.2, 0) is 13.2 Å². The fourth-order valence-corrected chi connectivity index (χ4v) is 3.61. The molecule has 1 aromatic heterocycles. The van der Waals surface area contributed by atoms with E-state index in [-0.39, 0.29) is 5.82 Å². The largest absolute Gasteiger partial charge is 0.330 e. The van der Waals surface area contributed by atoms with Crippen LogP contribution in [0.4, 0.5) is 15.2 Å². The molecule has 0 radical (unpaired) electrons. The van der Waals surface area contributed by atoms with E-state index < -0.39 is 0 Å². The van der Waals surface area contributed by atoms with Gasteiger partial charge >= 0.3 is 0 Å². The van der Waals surface area contributed by atoms with Crippen LogP contribution in [0.3, 0.4) is 0 Å². The zero-order valence-electron chi connectivity index (χ0n) is 14.1. The second kappa shape index (κ2) is 7.86. The van der Waals surface area contributed by atoms with Crippen molar-refractivity contribution in [3.8, 4) is 0 Å². The summed E-state index contributed by atoms with van der Waals surface area (Å²) in [6.07, 6.45) is 0. The Hall–Kier alpha value is -2.09. The normalized spacial score (nSPS) is 12.1. The van der Waals surface area contributed by atoms with Gasteiger partial charge < -0.3 is 10.2 Å². The summed E-state index contributed by atoms with van der Waals surface area (Å²) in [5, 5.41) is 8.67. The second-order valence-corrected chi connectivity index (χ2v) is 7.66. The molecule has 0 bridgehead atoms. The van der Waals surface area contributed by atoms with Crippen LogP contribution in [0.25, 0.3) is 0 Å². The van der Waals surface area contributed by atoms with Crippen molar-refractivity contribution < 1.29 is 9.29 Å². The number of hydrogen-bond donors (Lipinski definition) is 2. The SMILES string of the molecule is Cc1ccccc1Nc1nn(C[NH+](C)Cc2cccc(F)c2)c(=S)s1. The summed E-state index contributed by atoms with van der Waals surface area (Å²) in [6.45, 7) is 3.38. The molecule has 0 saturated heterocycles. The first-order valence-corrected chi connectivity index (χ1v) is 9.20. The van der Waals surface area contributed by atoms with Gasteiger partial charge in [0.15, 0.2) is 10.6 Å². The van der Waals surface area contributed by atoms with Crippen molar-refractivity contribution in [1.29, 1.82) is 0 Å². The van der Waals surface area contributed by atoms with Crippen LogP contribution in [-0.4, -0.2) is 16.8 Å². The number of hydrogen-bond acceptors (Lipinski definition) is 4. The van der Waals surface area contributed by atoms with Crippen molar-refractivity contribution in [3.05, 3.63) is 69.4 Å². The molecule has 130 valence electrons. The lowest BCUT2D eigenvalue weighted by Gasteiger charge is -2.13. The summed E-state index contributed by atoms with van der Waals surface area (Å²) < 4.78 is 15.8. The van der Waals surface area contributed by atoms with Gasteiger partial charge in [0.25, 0.3) is 0 Å². The van der Waals surface area contributed by atoms with Crippen LogP contribution in [0.5, 0.6) is 0 Å². The van der Waals surface area contributed by atoms with Gasteiger partial charge in [-0.15, -0.1) is 5.10 Å². The third kappa shape index (κ3) is 4.72. The average molecular weight is 376 g/mol. The third-order valence-corrected chi connectivity index (χ3v) is 5.03. The predicted molar refractivity (Wildman–Crippen MR) is 102 cm³/mol. The van der Waals surface area contributed by atoms with Gasteiger partial charge in [0.2, 0.25) is 5.13 Å². The molecule has 1 atom stereocenters. The number of benzene rings is 2. The fraction of sp³-hybridized carbons (Fsp3) is 0.222. The van der Waals surface area contributed by atoms with Gasteiger partial charge in [-0.05, 0) is 42.9 Å². The smallest absolute Gasteiger partial charge is 0.209 e. The van der Waals surface area contributed by atoms with E-state index in [2.05, 4.69) is 23.4 Å². The van der Waals surface area contributed by atoms with Gasteiger partial charge in [-0.2, -0.15) is 4.68 Å². The first-order valence-electron chi connectivity index (χ1n) is 7.97. The molecular weight excluding hydrogens is 355 g/mol. The van der Waals surface area contributed by atoms with Crippen LogP contribution in [0.1, 0.15) is 11.1 Å². The van der Waals surface area contributed by atoms with Gasteiger partial charge in [-0.1, -0.05) is 41.7 Å². The highest BCUT2D eigenvalue weighted by molar-refractivity contribution is 7.73. The third-order valence-electron chi connectivity index (χ3n) is 3.81. The fourth-order valence-electron chi connectivity index (χ4n) is 2.59. The number of aryl methyl sites for hydroxylation is 1. The Morgan fingerprint density at radius 3 is 2.80 bits per heavy atom. The molecule has 0 saturated carbocycles. The maximum Gasteiger partial charge on any atom is 0.209 e. The molecule has 0 aliphatic carbocycles. The lowest BCUT2D eigenvalue weighted by atomic mass is 10.2. The van der Waals surface area contributed by atoms with Crippen molar-refractivity contribution in [1.82, 2.24) is 9.78 Å². The molecule has 2 aromatic carbocycles. The van der Waals surface area contributed by atoms with Crippen molar-refractivity contribution in [2.45, 2.75) is 20.1 Å². The molecule has 0 spiro atoms. The molecule has 7 heteroatoms. The van der Waals surface area contributed by atoms with Crippen LogP contribution in [0.2, 0.25) is 0 Å². The highest BCUT2D eigenvalue weighted by atomic mass is 32.1. The van der Waals surface area contributed by atoms with Crippen molar-refractivity contribution >= 4 is 34.4 Å². The Balaban J connectivity index is 1.68. The van der Waals surface area contributed by atoms with E-state index in [4.69, 9.17) is 12.2 Å². The molecule has 0 amide bonds. The molecule has 1 heterocycles. The number of nitrogens with one attached hydrogen (secondary N) is 2. The van der Waals surface area contributed by atoms with Crippen molar-refractivity contribution in [3.63, 3.8) is 0 Å². The van der Waals surface area contributed by atoms with Gasteiger partial charge in [0.05, 0.1) is 7.05 Å². The van der Waals surface area contributed by atoms with Crippen LogP contribution in [0.15, 0.2) is 48.5 Å². The Morgan fingerprint density at radius 2 is 2.04 bits per heavy atom. The minimum atomic E-state index is -0.208. The number of aromatic nitrogens is 2. The first kappa shape index (κ1) is 17.7. The average Bonchev–Trinajstić information content (AvgIpc) is 2.89. The molecule has 0 fully saturated rings. The summed E-state index contributed by atoms with van der Waals surface area (Å²) in [5.41, 5.74) is 3.14. The van der Waals surface area contributed by atoms with Gasteiger partial charge in [0, 0.05) is 11.3 Å². The Morgan fingerprint density at radius 1 is 1.24 bits per heavy atom. The summed E-state index contributed by atoms with van der Waals surface area (Å²) in [7, 11) is 2.04. The Kier molecular flexibility index (Phi) is 5.57. The lowest BCUT2D eigenvalue weighted by Crippen LogP contribution is -3.07. The van der Waals surface area contributed by atoms with E-state index in [9.17, 15) is 4.39 Å². The van der Waals surface area contributed by atoms with E-state index in [1.165, 1.54) is 22.3 Å². The number of anilines is 2. The monoisotopic (exact) mass is 375 g/mol. The molecule has 0 aliphatic rings. The molecule has 3 rings (SSSR count). The highest BCUT2D eigenvalue weighted by Gasteiger charge is 2.10. The van der Waals surface area contributed by atoms with E-state index in [1.54, 1.807) is 12.1 Å². The summed E-state index contributed by atoms with van der Waals surface area (Å²) in [6, 6.07) is 14.7. The minimum Gasteiger partial charge on any atom is -0.330 e. The van der Waals surface area contributed by atoms with Gasteiger partial charge in [0.1, 0.15) is 12.4 Å². The molecule has 4 nitrogen and oxygen atoms in total. The topological polar surface area (TPSA) is 34.3 Å². The number of nitrogens with zero attached hydrogens (tertiary/aromatic N) is 2.